The van der Waals surface area contributed by atoms with Crippen LogP contribution < -0.4 is 5.32 Å². The van der Waals surface area contributed by atoms with Crippen molar-refractivity contribution in [2.24, 2.45) is 0 Å². The molecule has 0 fully saturated rings. The maximum atomic E-state index is 13.3. The molecule has 3 aromatic rings. The average molecular weight is 427 g/mol. The third-order valence-corrected chi connectivity index (χ3v) is 6.57. The molecule has 3 rings (SSSR count). The molecular weight excluding hydrogens is 403 g/mol. The van der Waals surface area contributed by atoms with E-state index in [0.717, 1.165) is 33.1 Å². The van der Waals surface area contributed by atoms with Crippen LogP contribution in [0, 0.1) is 19.7 Å². The maximum Gasteiger partial charge on any atom is 0.243 e. The lowest BCUT2D eigenvalue weighted by Crippen LogP contribution is -2.37. The summed E-state index contributed by atoms with van der Waals surface area (Å²) < 4.78 is 40.7. The second-order valence-electron chi connectivity index (χ2n) is 7.06. The van der Waals surface area contributed by atoms with E-state index in [1.165, 1.54) is 12.1 Å². The van der Waals surface area contributed by atoms with Crippen molar-refractivity contribution in [1.29, 1.82) is 0 Å². The Morgan fingerprint density at radius 3 is 2.23 bits per heavy atom. The Hall–Kier alpha value is -3.03. The van der Waals surface area contributed by atoms with Gasteiger partial charge in [0.1, 0.15) is 5.82 Å². The van der Waals surface area contributed by atoms with Gasteiger partial charge in [-0.05, 0) is 66.9 Å². The second kappa shape index (κ2) is 9.19. The van der Waals surface area contributed by atoms with E-state index in [4.69, 9.17) is 0 Å². The van der Waals surface area contributed by atoms with Crippen LogP contribution in [-0.4, -0.2) is 25.2 Å². The summed E-state index contributed by atoms with van der Waals surface area (Å²) in [4.78, 5) is 12.6. The SMILES string of the molecule is Cc1ccc(NC(=O)CN(Cc2ccccc2)S(=O)(=O)c2ccc(F)cc2)cc1C. The number of rotatable bonds is 7. The molecule has 5 nitrogen and oxygen atoms in total. The van der Waals surface area contributed by atoms with Crippen molar-refractivity contribution in [2.45, 2.75) is 25.3 Å². The van der Waals surface area contributed by atoms with E-state index in [1.807, 2.05) is 32.0 Å². The minimum Gasteiger partial charge on any atom is -0.325 e. The van der Waals surface area contributed by atoms with Gasteiger partial charge >= 0.3 is 0 Å². The zero-order valence-corrected chi connectivity index (χ0v) is 17.6. The first-order chi connectivity index (χ1) is 14.3. The average Bonchev–Trinajstić information content (AvgIpc) is 2.71. The van der Waals surface area contributed by atoms with E-state index in [0.29, 0.717) is 5.69 Å². The Morgan fingerprint density at radius 2 is 1.60 bits per heavy atom. The molecule has 0 atom stereocenters. The Morgan fingerprint density at radius 1 is 0.933 bits per heavy atom. The van der Waals surface area contributed by atoms with E-state index in [-0.39, 0.29) is 18.0 Å². The highest BCUT2D eigenvalue weighted by molar-refractivity contribution is 7.89. The summed E-state index contributed by atoms with van der Waals surface area (Å²) in [6, 6.07) is 19.1. The Bertz CT molecular complexity index is 1130. The van der Waals surface area contributed by atoms with E-state index in [1.54, 1.807) is 30.3 Å². The van der Waals surface area contributed by atoms with Crippen molar-refractivity contribution in [3.8, 4) is 0 Å². The third kappa shape index (κ3) is 5.31. The number of nitrogens with one attached hydrogen (secondary N) is 1. The number of carbonyl (C=O) groups excluding carboxylic acids is 1. The van der Waals surface area contributed by atoms with Crippen molar-refractivity contribution in [1.82, 2.24) is 4.31 Å². The van der Waals surface area contributed by atoms with Gasteiger partial charge in [-0.3, -0.25) is 4.79 Å². The molecule has 7 heteroatoms. The van der Waals surface area contributed by atoms with E-state index >= 15 is 0 Å². The van der Waals surface area contributed by atoms with Gasteiger partial charge in [-0.1, -0.05) is 36.4 Å². The fourth-order valence-electron chi connectivity index (χ4n) is 2.95. The highest BCUT2D eigenvalue weighted by atomic mass is 32.2. The van der Waals surface area contributed by atoms with Gasteiger partial charge in [-0.2, -0.15) is 4.31 Å². The maximum absolute atomic E-state index is 13.3. The van der Waals surface area contributed by atoms with Gasteiger partial charge in [-0.25, -0.2) is 12.8 Å². The standard InChI is InChI=1S/C23H23FN2O3S/c1-17-8-11-21(14-18(17)2)25-23(27)16-26(15-19-6-4-3-5-7-19)30(28,29)22-12-9-20(24)10-13-22/h3-14H,15-16H2,1-2H3,(H,25,27). The zero-order valence-electron chi connectivity index (χ0n) is 16.8. The van der Waals surface area contributed by atoms with Gasteiger partial charge in [0, 0.05) is 12.2 Å². The molecule has 0 aliphatic rings. The fourth-order valence-corrected chi connectivity index (χ4v) is 4.33. The van der Waals surface area contributed by atoms with Crippen molar-refractivity contribution in [2.75, 3.05) is 11.9 Å². The van der Waals surface area contributed by atoms with Crippen LogP contribution in [0.15, 0.2) is 77.7 Å². The van der Waals surface area contributed by atoms with Crippen LogP contribution in [0.2, 0.25) is 0 Å². The van der Waals surface area contributed by atoms with E-state index in [2.05, 4.69) is 5.32 Å². The number of hydrogen-bond acceptors (Lipinski definition) is 3. The summed E-state index contributed by atoms with van der Waals surface area (Å²) in [6.45, 7) is 3.55. The van der Waals surface area contributed by atoms with Gasteiger partial charge < -0.3 is 5.32 Å². The topological polar surface area (TPSA) is 66.5 Å². The molecule has 0 aliphatic carbocycles. The zero-order chi connectivity index (χ0) is 21.7. The molecular formula is C23H23FN2O3S. The first-order valence-electron chi connectivity index (χ1n) is 9.42. The monoisotopic (exact) mass is 426 g/mol. The Kier molecular flexibility index (Phi) is 6.64. The number of anilines is 1. The van der Waals surface area contributed by atoms with Crippen LogP contribution in [0.3, 0.4) is 0 Å². The number of aryl methyl sites for hydroxylation is 2. The lowest BCUT2D eigenvalue weighted by atomic mass is 10.1. The largest absolute Gasteiger partial charge is 0.325 e. The summed E-state index contributed by atoms with van der Waals surface area (Å²) in [5.74, 6) is -0.990. The summed E-state index contributed by atoms with van der Waals surface area (Å²) in [7, 11) is -4.01. The molecule has 0 unspecified atom stereocenters. The Labute approximate surface area is 176 Å². The minimum atomic E-state index is -4.01. The van der Waals surface area contributed by atoms with Crippen molar-refractivity contribution >= 4 is 21.6 Å². The van der Waals surface area contributed by atoms with Crippen molar-refractivity contribution in [3.05, 3.63) is 95.3 Å². The van der Waals surface area contributed by atoms with Gasteiger partial charge in [0.05, 0.1) is 11.4 Å². The van der Waals surface area contributed by atoms with Crippen molar-refractivity contribution in [3.63, 3.8) is 0 Å². The first-order valence-corrected chi connectivity index (χ1v) is 10.9. The Balaban J connectivity index is 1.86. The highest BCUT2D eigenvalue weighted by Crippen LogP contribution is 2.20. The van der Waals surface area contributed by atoms with Gasteiger partial charge in [0.15, 0.2) is 0 Å². The first kappa shape index (κ1) is 21.7. The smallest absolute Gasteiger partial charge is 0.243 e. The molecule has 0 saturated heterocycles. The van der Waals surface area contributed by atoms with Crippen molar-refractivity contribution < 1.29 is 17.6 Å². The normalized spacial score (nSPS) is 11.5. The molecule has 0 bridgehead atoms. The molecule has 0 heterocycles. The van der Waals surface area contributed by atoms with E-state index < -0.39 is 21.7 Å². The molecule has 1 amide bonds. The molecule has 0 spiro atoms. The number of nitrogens with zero attached hydrogens (tertiary/aromatic N) is 1. The number of carbonyl (C=O) groups is 1. The van der Waals surface area contributed by atoms with E-state index in [9.17, 15) is 17.6 Å². The predicted molar refractivity (Wildman–Crippen MR) is 115 cm³/mol. The number of hydrogen-bond donors (Lipinski definition) is 1. The summed E-state index contributed by atoms with van der Waals surface area (Å²) in [5, 5.41) is 2.75. The molecule has 156 valence electrons. The van der Waals surface area contributed by atoms with Crippen LogP contribution in [0.5, 0.6) is 0 Å². The van der Waals surface area contributed by atoms with Gasteiger partial charge in [0.25, 0.3) is 0 Å². The van der Waals surface area contributed by atoms with Crippen LogP contribution in [0.4, 0.5) is 10.1 Å². The quantitative estimate of drug-likeness (QED) is 0.614. The number of amides is 1. The number of sulfonamides is 1. The predicted octanol–water partition coefficient (Wildman–Crippen LogP) is 4.27. The fraction of sp³-hybridized carbons (Fsp3) is 0.174. The van der Waals surface area contributed by atoms with Crippen LogP contribution >= 0.6 is 0 Å². The molecule has 0 aromatic heterocycles. The third-order valence-electron chi connectivity index (χ3n) is 4.76. The molecule has 0 radical (unpaired) electrons. The molecule has 3 aromatic carbocycles. The molecule has 0 aliphatic heterocycles. The molecule has 30 heavy (non-hydrogen) atoms. The van der Waals surface area contributed by atoms with Crippen LogP contribution in [0.25, 0.3) is 0 Å². The lowest BCUT2D eigenvalue weighted by Gasteiger charge is -2.22. The van der Waals surface area contributed by atoms with Gasteiger partial charge in [-0.15, -0.1) is 0 Å². The number of halogens is 1. The minimum absolute atomic E-state index is 0.0148. The molecule has 1 N–H and O–H groups in total. The lowest BCUT2D eigenvalue weighted by molar-refractivity contribution is -0.116. The molecule has 0 saturated carbocycles. The second-order valence-corrected chi connectivity index (χ2v) is 9.00. The van der Waals surface area contributed by atoms with Gasteiger partial charge in [0.2, 0.25) is 15.9 Å². The number of benzene rings is 3. The van der Waals surface area contributed by atoms with Crippen LogP contribution in [0.1, 0.15) is 16.7 Å². The summed E-state index contributed by atoms with van der Waals surface area (Å²) >= 11 is 0. The summed E-state index contributed by atoms with van der Waals surface area (Å²) in [6.07, 6.45) is 0. The highest BCUT2D eigenvalue weighted by Gasteiger charge is 2.27. The summed E-state index contributed by atoms with van der Waals surface area (Å²) in [5.41, 5.74) is 3.45. The van der Waals surface area contributed by atoms with Crippen LogP contribution in [-0.2, 0) is 21.4 Å².